The van der Waals surface area contributed by atoms with E-state index in [1.54, 1.807) is 0 Å². The molecule has 0 aromatic heterocycles. The van der Waals surface area contributed by atoms with Crippen molar-refractivity contribution in [3.8, 4) is 0 Å². The van der Waals surface area contributed by atoms with Gasteiger partial charge in [-0.1, -0.05) is 0 Å². The molecule has 1 heterocycles. The summed E-state index contributed by atoms with van der Waals surface area (Å²) in [4.78, 5) is 8.57. The van der Waals surface area contributed by atoms with Gasteiger partial charge in [0.15, 0.2) is 5.96 Å². The van der Waals surface area contributed by atoms with Crippen LogP contribution in [0.25, 0.3) is 0 Å². The molecule has 1 aliphatic heterocycles. The van der Waals surface area contributed by atoms with Crippen LogP contribution in [0.4, 0.5) is 14.5 Å². The van der Waals surface area contributed by atoms with Crippen LogP contribution in [-0.2, 0) is 4.74 Å². The van der Waals surface area contributed by atoms with Crippen LogP contribution in [0.3, 0.4) is 0 Å². The average molecular weight is 340 g/mol. The number of benzene rings is 1. The van der Waals surface area contributed by atoms with E-state index < -0.39 is 5.82 Å². The number of ether oxygens (including phenoxy) is 1. The minimum Gasteiger partial charge on any atom is -0.380 e. The van der Waals surface area contributed by atoms with Gasteiger partial charge in [-0.2, -0.15) is 0 Å². The number of piperazine rings is 1. The van der Waals surface area contributed by atoms with Crippen molar-refractivity contribution in [2.45, 2.75) is 13.8 Å². The number of nitrogens with one attached hydrogen (secondary N) is 1. The largest absolute Gasteiger partial charge is 0.380 e. The molecule has 0 bridgehead atoms. The third-order valence-corrected chi connectivity index (χ3v) is 3.86. The molecular formula is C17H26F2N4O. The predicted molar refractivity (Wildman–Crippen MR) is 92.6 cm³/mol. The fraction of sp³-hybridized carbons (Fsp3) is 0.588. The molecule has 24 heavy (non-hydrogen) atoms. The lowest BCUT2D eigenvalue weighted by Gasteiger charge is -2.37. The summed E-state index contributed by atoms with van der Waals surface area (Å²) in [6.45, 7) is 9.31. The number of rotatable bonds is 6. The Bertz CT molecular complexity index is 545. The number of hydrogen-bond donors (Lipinski definition) is 1. The lowest BCUT2D eigenvalue weighted by Crippen LogP contribution is -2.52. The quantitative estimate of drug-likeness (QED) is 0.489. The van der Waals surface area contributed by atoms with Crippen molar-refractivity contribution in [3.63, 3.8) is 0 Å². The standard InChI is InChI=1S/C17H26F2N4O/c1-3-20-17(21-7-12-24-4-2)23-10-8-22(9-11-23)16-13-14(18)5-6-15(16)19/h5-6,13H,3-4,7-12H2,1-2H3,(H,20,21). The zero-order valence-electron chi connectivity index (χ0n) is 14.4. The Hall–Kier alpha value is -1.89. The van der Waals surface area contributed by atoms with Crippen molar-refractivity contribution < 1.29 is 13.5 Å². The van der Waals surface area contributed by atoms with E-state index in [9.17, 15) is 8.78 Å². The molecule has 1 aliphatic rings. The molecule has 0 radical (unpaired) electrons. The molecule has 0 amide bonds. The lowest BCUT2D eigenvalue weighted by atomic mass is 10.2. The molecule has 7 heteroatoms. The molecule has 1 aromatic carbocycles. The van der Waals surface area contributed by atoms with E-state index in [-0.39, 0.29) is 5.82 Å². The highest BCUT2D eigenvalue weighted by Crippen LogP contribution is 2.21. The molecule has 134 valence electrons. The van der Waals surface area contributed by atoms with Crippen molar-refractivity contribution >= 4 is 11.6 Å². The number of aliphatic imine (C=N–C) groups is 1. The maximum Gasteiger partial charge on any atom is 0.194 e. The maximum absolute atomic E-state index is 13.9. The van der Waals surface area contributed by atoms with Crippen LogP contribution in [0.1, 0.15) is 13.8 Å². The van der Waals surface area contributed by atoms with Crippen molar-refractivity contribution in [1.29, 1.82) is 0 Å². The zero-order chi connectivity index (χ0) is 17.4. The van der Waals surface area contributed by atoms with Gasteiger partial charge in [0.25, 0.3) is 0 Å². The molecule has 2 rings (SSSR count). The van der Waals surface area contributed by atoms with Gasteiger partial charge in [0.05, 0.1) is 18.8 Å². The van der Waals surface area contributed by atoms with E-state index in [0.717, 1.165) is 18.6 Å². The predicted octanol–water partition coefficient (Wildman–Crippen LogP) is 2.09. The molecule has 1 fully saturated rings. The van der Waals surface area contributed by atoms with Gasteiger partial charge in [-0.15, -0.1) is 0 Å². The fourth-order valence-electron chi connectivity index (χ4n) is 2.67. The Kier molecular flexibility index (Phi) is 7.24. The second-order valence-electron chi connectivity index (χ2n) is 5.50. The topological polar surface area (TPSA) is 40.1 Å². The molecule has 0 atom stereocenters. The SMILES string of the molecule is CCNC(=NCCOCC)N1CCN(c2cc(F)ccc2F)CC1. The van der Waals surface area contributed by atoms with Crippen LogP contribution in [-0.4, -0.2) is 63.3 Å². The van der Waals surface area contributed by atoms with Crippen LogP contribution >= 0.6 is 0 Å². The van der Waals surface area contributed by atoms with Crippen LogP contribution in [0.5, 0.6) is 0 Å². The minimum absolute atomic E-state index is 0.327. The zero-order valence-corrected chi connectivity index (χ0v) is 14.4. The number of guanidine groups is 1. The smallest absolute Gasteiger partial charge is 0.194 e. The number of hydrogen-bond acceptors (Lipinski definition) is 3. The van der Waals surface area contributed by atoms with Gasteiger partial charge in [0.2, 0.25) is 0 Å². The van der Waals surface area contributed by atoms with E-state index in [1.807, 2.05) is 18.7 Å². The van der Waals surface area contributed by atoms with Gasteiger partial charge in [-0.3, -0.25) is 4.99 Å². The Balaban J connectivity index is 1.95. The molecular weight excluding hydrogens is 314 g/mol. The monoisotopic (exact) mass is 340 g/mol. The van der Waals surface area contributed by atoms with Crippen molar-refractivity contribution in [3.05, 3.63) is 29.8 Å². The summed E-state index contributed by atoms with van der Waals surface area (Å²) in [5.74, 6) is 0.0401. The molecule has 1 aromatic rings. The molecule has 0 aliphatic carbocycles. The third-order valence-electron chi connectivity index (χ3n) is 3.86. The molecule has 1 N–H and O–H groups in total. The van der Waals surface area contributed by atoms with E-state index in [4.69, 9.17) is 4.74 Å². The minimum atomic E-state index is -0.417. The second-order valence-corrected chi connectivity index (χ2v) is 5.50. The lowest BCUT2D eigenvalue weighted by molar-refractivity contribution is 0.155. The van der Waals surface area contributed by atoms with E-state index >= 15 is 0 Å². The van der Waals surface area contributed by atoms with E-state index in [1.165, 1.54) is 12.1 Å². The first-order valence-electron chi connectivity index (χ1n) is 8.46. The number of anilines is 1. The maximum atomic E-state index is 13.9. The first-order chi connectivity index (χ1) is 11.7. The summed E-state index contributed by atoms with van der Waals surface area (Å²) in [6, 6.07) is 3.58. The van der Waals surface area contributed by atoms with Gasteiger partial charge in [0.1, 0.15) is 11.6 Å². The second kappa shape index (κ2) is 9.42. The van der Waals surface area contributed by atoms with Crippen LogP contribution < -0.4 is 10.2 Å². The summed E-state index contributed by atoms with van der Waals surface area (Å²) in [5, 5.41) is 3.27. The van der Waals surface area contributed by atoms with Gasteiger partial charge in [-0.25, -0.2) is 8.78 Å². The summed E-state index contributed by atoms with van der Waals surface area (Å²) >= 11 is 0. The highest BCUT2D eigenvalue weighted by atomic mass is 19.1. The normalized spacial score (nSPS) is 15.8. The van der Waals surface area contributed by atoms with Crippen molar-refractivity contribution in [2.24, 2.45) is 4.99 Å². The summed E-state index contributed by atoms with van der Waals surface area (Å²) < 4.78 is 32.6. The Morgan fingerprint density at radius 2 is 1.96 bits per heavy atom. The summed E-state index contributed by atoms with van der Waals surface area (Å²) in [5.41, 5.74) is 0.327. The van der Waals surface area contributed by atoms with Crippen LogP contribution in [0.2, 0.25) is 0 Å². The Morgan fingerprint density at radius 3 is 2.62 bits per heavy atom. The van der Waals surface area contributed by atoms with E-state index in [2.05, 4.69) is 15.2 Å². The van der Waals surface area contributed by atoms with Crippen molar-refractivity contribution in [1.82, 2.24) is 10.2 Å². The van der Waals surface area contributed by atoms with Gasteiger partial charge in [0, 0.05) is 45.4 Å². The molecule has 0 unspecified atom stereocenters. The molecule has 5 nitrogen and oxygen atoms in total. The van der Waals surface area contributed by atoms with Gasteiger partial charge in [-0.05, 0) is 26.0 Å². The van der Waals surface area contributed by atoms with Gasteiger partial charge >= 0.3 is 0 Å². The first-order valence-corrected chi connectivity index (χ1v) is 8.46. The number of nitrogens with zero attached hydrogens (tertiary/aromatic N) is 3. The molecule has 1 saturated heterocycles. The third kappa shape index (κ3) is 5.06. The van der Waals surface area contributed by atoms with Crippen LogP contribution in [0.15, 0.2) is 23.2 Å². The van der Waals surface area contributed by atoms with Gasteiger partial charge < -0.3 is 19.9 Å². The summed E-state index contributed by atoms with van der Waals surface area (Å²) in [7, 11) is 0. The van der Waals surface area contributed by atoms with Crippen molar-refractivity contribution in [2.75, 3.05) is 57.4 Å². The summed E-state index contributed by atoms with van der Waals surface area (Å²) in [6.07, 6.45) is 0. The Labute approximate surface area is 142 Å². The van der Waals surface area contributed by atoms with E-state index in [0.29, 0.717) is 51.6 Å². The number of halogens is 2. The van der Waals surface area contributed by atoms with Crippen LogP contribution in [0, 0.1) is 11.6 Å². The fourth-order valence-corrected chi connectivity index (χ4v) is 2.67. The molecule has 0 spiro atoms. The highest BCUT2D eigenvalue weighted by Gasteiger charge is 2.21. The molecule has 0 saturated carbocycles. The first kappa shape index (κ1) is 18.4. The average Bonchev–Trinajstić information content (AvgIpc) is 2.60. The Morgan fingerprint density at radius 1 is 1.21 bits per heavy atom. The highest BCUT2D eigenvalue weighted by molar-refractivity contribution is 5.80.